The Kier molecular flexibility index (Phi) is 5.25. The summed E-state index contributed by atoms with van der Waals surface area (Å²) < 4.78 is 6.41. The van der Waals surface area contributed by atoms with E-state index in [1.54, 1.807) is 6.07 Å². The number of nitrogens with zero attached hydrogens (tertiary/aromatic N) is 1. The lowest BCUT2D eigenvalue weighted by atomic mass is 9.86. The number of aromatic hydroxyl groups is 1. The highest BCUT2D eigenvalue weighted by Crippen LogP contribution is 2.31. The average molecular weight is 352 g/mol. The second-order valence-corrected chi connectivity index (χ2v) is 7.56. The van der Waals surface area contributed by atoms with Crippen LogP contribution in [0.1, 0.15) is 36.9 Å². The molecule has 2 unspecified atom stereocenters. The summed E-state index contributed by atoms with van der Waals surface area (Å²) in [6.45, 7) is 5.60. The standard InChI is InChI=1S/C22H28N2O2/c1-16(26-21-15-24-12-10-17(21)11-13-24)23-22(18-6-3-2-4-7-18)19-8-5-9-20(25)14-19/h2-9,14,16-17,21-23,25H,10-13,15H2,1H3/t16?,21-,22?/m0/s1. The van der Waals surface area contributed by atoms with Crippen LogP contribution in [0.4, 0.5) is 0 Å². The molecule has 3 fully saturated rings. The first-order valence-electron chi connectivity index (χ1n) is 9.67. The lowest BCUT2D eigenvalue weighted by Gasteiger charge is -2.45. The zero-order chi connectivity index (χ0) is 17.9. The van der Waals surface area contributed by atoms with E-state index in [1.165, 1.54) is 31.5 Å². The molecule has 0 aromatic heterocycles. The molecule has 2 bridgehead atoms. The Hall–Kier alpha value is -1.88. The molecular weight excluding hydrogens is 324 g/mol. The summed E-state index contributed by atoms with van der Waals surface area (Å²) in [4.78, 5) is 2.52. The molecule has 4 nitrogen and oxygen atoms in total. The molecule has 3 atom stereocenters. The summed E-state index contributed by atoms with van der Waals surface area (Å²) in [6.07, 6.45) is 2.77. The Balaban J connectivity index is 1.49. The summed E-state index contributed by atoms with van der Waals surface area (Å²) in [5, 5.41) is 13.5. The van der Waals surface area contributed by atoms with Crippen molar-refractivity contribution in [3.63, 3.8) is 0 Å². The highest BCUT2D eigenvalue weighted by atomic mass is 16.5. The van der Waals surface area contributed by atoms with Gasteiger partial charge in [-0.15, -0.1) is 0 Å². The van der Waals surface area contributed by atoms with E-state index >= 15 is 0 Å². The number of hydrogen-bond donors (Lipinski definition) is 2. The van der Waals surface area contributed by atoms with Crippen LogP contribution < -0.4 is 5.32 Å². The lowest BCUT2D eigenvalue weighted by molar-refractivity contribution is -0.108. The van der Waals surface area contributed by atoms with Gasteiger partial charge >= 0.3 is 0 Å². The van der Waals surface area contributed by atoms with E-state index in [0.29, 0.717) is 12.0 Å². The second kappa shape index (κ2) is 7.78. The van der Waals surface area contributed by atoms with Gasteiger partial charge in [-0.25, -0.2) is 0 Å². The summed E-state index contributed by atoms with van der Waals surface area (Å²) >= 11 is 0. The van der Waals surface area contributed by atoms with Gasteiger partial charge in [-0.05, 0) is 62.0 Å². The Labute approximate surface area is 155 Å². The van der Waals surface area contributed by atoms with E-state index in [2.05, 4.69) is 29.3 Å². The van der Waals surface area contributed by atoms with Gasteiger partial charge in [0.05, 0.1) is 12.1 Å². The minimum atomic E-state index is -0.0619. The zero-order valence-corrected chi connectivity index (χ0v) is 15.3. The third-order valence-electron chi connectivity index (χ3n) is 5.71. The molecule has 2 N–H and O–H groups in total. The predicted molar refractivity (Wildman–Crippen MR) is 103 cm³/mol. The smallest absolute Gasteiger partial charge is 0.115 e. The average Bonchev–Trinajstić information content (AvgIpc) is 2.68. The molecule has 0 spiro atoms. The third kappa shape index (κ3) is 3.93. The van der Waals surface area contributed by atoms with E-state index in [-0.39, 0.29) is 18.0 Å². The third-order valence-corrected chi connectivity index (χ3v) is 5.71. The number of rotatable bonds is 6. The first-order valence-corrected chi connectivity index (χ1v) is 9.67. The van der Waals surface area contributed by atoms with E-state index < -0.39 is 0 Å². The van der Waals surface area contributed by atoms with Crippen LogP contribution in [0.5, 0.6) is 5.75 Å². The second-order valence-electron chi connectivity index (χ2n) is 7.56. The van der Waals surface area contributed by atoms with Crippen molar-refractivity contribution >= 4 is 0 Å². The molecule has 0 amide bonds. The largest absolute Gasteiger partial charge is 0.508 e. The van der Waals surface area contributed by atoms with Gasteiger partial charge in [0.15, 0.2) is 0 Å². The number of hydrogen-bond acceptors (Lipinski definition) is 4. The van der Waals surface area contributed by atoms with Gasteiger partial charge in [0.2, 0.25) is 0 Å². The van der Waals surface area contributed by atoms with Crippen LogP contribution in [0.15, 0.2) is 54.6 Å². The first-order chi connectivity index (χ1) is 12.7. The molecule has 2 aromatic rings. The molecule has 2 aromatic carbocycles. The highest BCUT2D eigenvalue weighted by molar-refractivity contribution is 5.36. The molecular formula is C22H28N2O2. The molecule has 138 valence electrons. The quantitative estimate of drug-likeness (QED) is 0.781. The van der Waals surface area contributed by atoms with E-state index in [1.807, 2.05) is 36.4 Å². The molecule has 3 aliphatic heterocycles. The summed E-state index contributed by atoms with van der Waals surface area (Å²) in [7, 11) is 0. The van der Waals surface area contributed by atoms with Crippen molar-refractivity contribution in [2.24, 2.45) is 5.92 Å². The fraction of sp³-hybridized carbons (Fsp3) is 0.455. The molecule has 5 rings (SSSR count). The summed E-state index contributed by atoms with van der Waals surface area (Å²) in [5.74, 6) is 0.983. The number of phenols is 1. The van der Waals surface area contributed by atoms with E-state index in [0.717, 1.165) is 12.1 Å². The van der Waals surface area contributed by atoms with Gasteiger partial charge < -0.3 is 14.7 Å². The van der Waals surface area contributed by atoms with Crippen LogP contribution in [0.25, 0.3) is 0 Å². The Bertz CT molecular complexity index is 713. The topological polar surface area (TPSA) is 44.7 Å². The van der Waals surface area contributed by atoms with Crippen LogP contribution in [-0.2, 0) is 4.74 Å². The van der Waals surface area contributed by atoms with Crippen molar-refractivity contribution in [3.8, 4) is 5.75 Å². The first kappa shape index (κ1) is 17.5. The molecule has 3 heterocycles. The zero-order valence-electron chi connectivity index (χ0n) is 15.3. The van der Waals surface area contributed by atoms with E-state index in [9.17, 15) is 5.11 Å². The summed E-state index contributed by atoms with van der Waals surface area (Å²) in [6, 6.07) is 17.8. The van der Waals surface area contributed by atoms with Crippen molar-refractivity contribution in [2.75, 3.05) is 19.6 Å². The monoisotopic (exact) mass is 352 g/mol. The fourth-order valence-electron chi connectivity index (χ4n) is 4.34. The number of phenolic OH excluding ortho intramolecular Hbond substituents is 1. The molecule has 3 saturated heterocycles. The van der Waals surface area contributed by atoms with Gasteiger partial charge in [0.25, 0.3) is 0 Å². The molecule has 0 aliphatic carbocycles. The van der Waals surface area contributed by atoms with Crippen LogP contribution in [0.3, 0.4) is 0 Å². The Morgan fingerprint density at radius 3 is 2.42 bits per heavy atom. The maximum atomic E-state index is 9.91. The number of nitrogens with one attached hydrogen (secondary N) is 1. The highest BCUT2D eigenvalue weighted by Gasteiger charge is 2.35. The van der Waals surface area contributed by atoms with Crippen molar-refractivity contribution < 1.29 is 9.84 Å². The maximum Gasteiger partial charge on any atom is 0.115 e. The number of benzene rings is 2. The molecule has 0 radical (unpaired) electrons. The Morgan fingerprint density at radius 1 is 1.04 bits per heavy atom. The van der Waals surface area contributed by atoms with Gasteiger partial charge in [0.1, 0.15) is 12.0 Å². The molecule has 3 aliphatic rings. The van der Waals surface area contributed by atoms with Crippen LogP contribution >= 0.6 is 0 Å². The summed E-state index contributed by atoms with van der Waals surface area (Å²) in [5.41, 5.74) is 2.21. The van der Waals surface area contributed by atoms with Gasteiger partial charge in [-0.2, -0.15) is 0 Å². The van der Waals surface area contributed by atoms with Crippen LogP contribution in [-0.4, -0.2) is 42.0 Å². The number of fused-ring (bicyclic) bond motifs is 3. The minimum absolute atomic E-state index is 0.0145. The normalized spacial score (nSPS) is 27.2. The van der Waals surface area contributed by atoms with Gasteiger partial charge in [-0.3, -0.25) is 5.32 Å². The van der Waals surface area contributed by atoms with Crippen molar-refractivity contribution in [1.29, 1.82) is 0 Å². The molecule has 26 heavy (non-hydrogen) atoms. The molecule has 0 saturated carbocycles. The van der Waals surface area contributed by atoms with Crippen molar-refractivity contribution in [3.05, 3.63) is 65.7 Å². The SMILES string of the molecule is CC(NC(c1ccccc1)c1cccc(O)c1)O[C@H]1CN2CCC1CC2. The number of ether oxygens (including phenoxy) is 1. The maximum absolute atomic E-state index is 9.91. The lowest BCUT2D eigenvalue weighted by Crippen LogP contribution is -2.53. The van der Waals surface area contributed by atoms with E-state index in [4.69, 9.17) is 4.74 Å². The fourth-order valence-corrected chi connectivity index (χ4v) is 4.34. The van der Waals surface area contributed by atoms with Crippen molar-refractivity contribution in [2.45, 2.75) is 38.1 Å². The van der Waals surface area contributed by atoms with Gasteiger partial charge in [0, 0.05) is 6.54 Å². The minimum Gasteiger partial charge on any atom is -0.508 e. The number of piperidine rings is 3. The van der Waals surface area contributed by atoms with Crippen molar-refractivity contribution in [1.82, 2.24) is 10.2 Å². The van der Waals surface area contributed by atoms with Gasteiger partial charge in [-0.1, -0.05) is 42.5 Å². The molecule has 4 heteroatoms. The van der Waals surface area contributed by atoms with Crippen LogP contribution in [0, 0.1) is 5.92 Å². The van der Waals surface area contributed by atoms with Crippen LogP contribution in [0.2, 0.25) is 0 Å². The Morgan fingerprint density at radius 2 is 1.77 bits per heavy atom. The predicted octanol–water partition coefficient (Wildman–Crippen LogP) is 3.53.